The lowest BCUT2D eigenvalue weighted by Gasteiger charge is -2.15. The van der Waals surface area contributed by atoms with E-state index >= 15 is 0 Å². The topological polar surface area (TPSA) is 56.8 Å². The summed E-state index contributed by atoms with van der Waals surface area (Å²) in [5.41, 5.74) is 1.44. The summed E-state index contributed by atoms with van der Waals surface area (Å²) in [6.45, 7) is 0.206. The molecule has 0 spiro atoms. The molecule has 5 heteroatoms. The Morgan fingerprint density at radius 1 is 1.14 bits per heavy atom. The number of ether oxygens (including phenoxy) is 3. The van der Waals surface area contributed by atoms with Crippen molar-refractivity contribution in [3.05, 3.63) is 54.1 Å². The second-order valence-electron chi connectivity index (χ2n) is 4.58. The standard InChI is InChI=1S/C16H15NO4/c1-19-15(11-5-3-2-4-6-11)16(18)17-12-7-8-13-14(9-12)21-10-20-13/h2-9,15H,10H2,1H3,(H,17,18). The molecule has 1 aliphatic rings. The quantitative estimate of drug-likeness (QED) is 0.938. The molecule has 1 amide bonds. The predicted molar refractivity (Wildman–Crippen MR) is 77.4 cm³/mol. The molecule has 1 unspecified atom stereocenters. The molecule has 0 saturated heterocycles. The van der Waals surface area contributed by atoms with Crippen LogP contribution in [0.25, 0.3) is 0 Å². The van der Waals surface area contributed by atoms with Gasteiger partial charge >= 0.3 is 0 Å². The van der Waals surface area contributed by atoms with E-state index in [-0.39, 0.29) is 12.7 Å². The van der Waals surface area contributed by atoms with Crippen molar-refractivity contribution in [1.29, 1.82) is 0 Å². The zero-order valence-corrected chi connectivity index (χ0v) is 11.5. The van der Waals surface area contributed by atoms with E-state index in [0.29, 0.717) is 17.2 Å². The van der Waals surface area contributed by atoms with Gasteiger partial charge in [-0.3, -0.25) is 4.79 Å². The van der Waals surface area contributed by atoms with Crippen LogP contribution in [0.1, 0.15) is 11.7 Å². The van der Waals surface area contributed by atoms with Crippen LogP contribution >= 0.6 is 0 Å². The molecule has 5 nitrogen and oxygen atoms in total. The Bertz CT molecular complexity index is 642. The van der Waals surface area contributed by atoms with Crippen molar-refractivity contribution in [2.75, 3.05) is 19.2 Å². The van der Waals surface area contributed by atoms with Crippen LogP contribution in [0.3, 0.4) is 0 Å². The van der Waals surface area contributed by atoms with Crippen LogP contribution in [0.4, 0.5) is 5.69 Å². The Morgan fingerprint density at radius 2 is 1.90 bits per heavy atom. The lowest BCUT2D eigenvalue weighted by molar-refractivity contribution is -0.126. The Balaban J connectivity index is 1.76. The van der Waals surface area contributed by atoms with Crippen LogP contribution in [-0.2, 0) is 9.53 Å². The van der Waals surface area contributed by atoms with E-state index < -0.39 is 6.10 Å². The first kappa shape index (κ1) is 13.5. The molecule has 21 heavy (non-hydrogen) atoms. The fourth-order valence-corrected chi connectivity index (χ4v) is 2.20. The van der Waals surface area contributed by atoms with Crippen molar-refractivity contribution in [2.24, 2.45) is 0 Å². The third-order valence-electron chi connectivity index (χ3n) is 3.22. The first-order valence-corrected chi connectivity index (χ1v) is 6.56. The third-order valence-corrected chi connectivity index (χ3v) is 3.22. The predicted octanol–water partition coefficient (Wildman–Crippen LogP) is 2.74. The number of nitrogens with one attached hydrogen (secondary N) is 1. The lowest BCUT2D eigenvalue weighted by Crippen LogP contribution is -2.22. The first-order valence-electron chi connectivity index (χ1n) is 6.56. The van der Waals surface area contributed by atoms with Crippen LogP contribution in [0.2, 0.25) is 0 Å². The number of rotatable bonds is 4. The van der Waals surface area contributed by atoms with Crippen molar-refractivity contribution in [1.82, 2.24) is 0 Å². The Kier molecular flexibility index (Phi) is 3.75. The SMILES string of the molecule is COC(C(=O)Nc1ccc2c(c1)OCO2)c1ccccc1. The number of benzene rings is 2. The fraction of sp³-hybridized carbons (Fsp3) is 0.188. The minimum Gasteiger partial charge on any atom is -0.454 e. The molecule has 0 aromatic heterocycles. The molecular weight excluding hydrogens is 270 g/mol. The van der Waals surface area contributed by atoms with E-state index in [1.807, 2.05) is 30.3 Å². The van der Waals surface area contributed by atoms with E-state index in [2.05, 4.69) is 5.32 Å². The average molecular weight is 285 g/mol. The smallest absolute Gasteiger partial charge is 0.258 e. The molecule has 0 bridgehead atoms. The number of methoxy groups -OCH3 is 1. The number of hydrogen-bond acceptors (Lipinski definition) is 4. The molecule has 108 valence electrons. The van der Waals surface area contributed by atoms with Crippen molar-refractivity contribution in [3.8, 4) is 11.5 Å². The third kappa shape index (κ3) is 2.83. The van der Waals surface area contributed by atoms with Gasteiger partial charge in [0.15, 0.2) is 17.6 Å². The van der Waals surface area contributed by atoms with Gasteiger partial charge in [-0.25, -0.2) is 0 Å². The van der Waals surface area contributed by atoms with Gasteiger partial charge in [-0.1, -0.05) is 30.3 Å². The maximum absolute atomic E-state index is 12.3. The molecule has 0 saturated carbocycles. The summed E-state index contributed by atoms with van der Waals surface area (Å²) in [4.78, 5) is 12.3. The molecule has 1 atom stereocenters. The summed E-state index contributed by atoms with van der Waals surface area (Å²) in [5.74, 6) is 1.07. The highest BCUT2D eigenvalue weighted by Crippen LogP contribution is 2.34. The van der Waals surface area contributed by atoms with Crippen LogP contribution in [0, 0.1) is 0 Å². The monoisotopic (exact) mass is 285 g/mol. The van der Waals surface area contributed by atoms with E-state index in [1.165, 1.54) is 7.11 Å². The van der Waals surface area contributed by atoms with Crippen LogP contribution in [0.15, 0.2) is 48.5 Å². The van der Waals surface area contributed by atoms with E-state index in [1.54, 1.807) is 18.2 Å². The highest BCUT2D eigenvalue weighted by Gasteiger charge is 2.21. The van der Waals surface area contributed by atoms with Gasteiger partial charge in [0.05, 0.1) is 0 Å². The minimum absolute atomic E-state index is 0.206. The minimum atomic E-state index is -0.656. The molecule has 2 aromatic carbocycles. The van der Waals surface area contributed by atoms with Gasteiger partial charge in [-0.2, -0.15) is 0 Å². The van der Waals surface area contributed by atoms with Gasteiger partial charge in [0.1, 0.15) is 0 Å². The number of carbonyl (C=O) groups is 1. The molecule has 0 radical (unpaired) electrons. The summed E-state index contributed by atoms with van der Waals surface area (Å²) >= 11 is 0. The van der Waals surface area contributed by atoms with Crippen molar-refractivity contribution >= 4 is 11.6 Å². The molecule has 0 aliphatic carbocycles. The summed E-state index contributed by atoms with van der Waals surface area (Å²) < 4.78 is 15.8. The van der Waals surface area contributed by atoms with Crippen LogP contribution < -0.4 is 14.8 Å². The van der Waals surface area contributed by atoms with Gasteiger partial charge in [0.2, 0.25) is 6.79 Å². The molecule has 1 heterocycles. The van der Waals surface area contributed by atoms with Gasteiger partial charge in [-0.15, -0.1) is 0 Å². The maximum Gasteiger partial charge on any atom is 0.258 e. The zero-order valence-electron chi connectivity index (χ0n) is 11.5. The van der Waals surface area contributed by atoms with Gasteiger partial charge in [-0.05, 0) is 17.7 Å². The first-order chi connectivity index (χ1) is 10.3. The van der Waals surface area contributed by atoms with Gasteiger partial charge in [0, 0.05) is 18.9 Å². The largest absolute Gasteiger partial charge is 0.454 e. The lowest BCUT2D eigenvalue weighted by atomic mass is 10.1. The zero-order chi connectivity index (χ0) is 14.7. The van der Waals surface area contributed by atoms with Crippen LogP contribution in [-0.4, -0.2) is 19.8 Å². The Labute approximate surface area is 122 Å². The highest BCUT2D eigenvalue weighted by molar-refractivity contribution is 5.95. The summed E-state index contributed by atoms with van der Waals surface area (Å²) in [5, 5.41) is 2.82. The second kappa shape index (κ2) is 5.85. The summed E-state index contributed by atoms with van der Waals surface area (Å²) in [6.07, 6.45) is -0.656. The second-order valence-corrected chi connectivity index (χ2v) is 4.58. The Hall–Kier alpha value is -2.53. The summed E-state index contributed by atoms with van der Waals surface area (Å²) in [6, 6.07) is 14.6. The average Bonchev–Trinajstić information content (AvgIpc) is 2.96. The Morgan fingerprint density at radius 3 is 2.67 bits per heavy atom. The number of carbonyl (C=O) groups excluding carboxylic acids is 1. The highest BCUT2D eigenvalue weighted by atomic mass is 16.7. The number of hydrogen-bond donors (Lipinski definition) is 1. The molecular formula is C16H15NO4. The van der Waals surface area contributed by atoms with E-state index in [9.17, 15) is 4.79 Å². The molecule has 3 rings (SSSR count). The maximum atomic E-state index is 12.3. The normalized spacial score (nSPS) is 13.8. The molecule has 0 fully saturated rings. The number of anilines is 1. The van der Waals surface area contributed by atoms with Gasteiger partial charge < -0.3 is 19.5 Å². The number of amides is 1. The van der Waals surface area contributed by atoms with Crippen LogP contribution in [0.5, 0.6) is 11.5 Å². The summed E-state index contributed by atoms with van der Waals surface area (Å²) in [7, 11) is 1.51. The van der Waals surface area contributed by atoms with E-state index in [0.717, 1.165) is 5.56 Å². The van der Waals surface area contributed by atoms with Gasteiger partial charge in [0.25, 0.3) is 5.91 Å². The molecule has 2 aromatic rings. The van der Waals surface area contributed by atoms with Crippen molar-refractivity contribution in [3.63, 3.8) is 0 Å². The molecule has 1 N–H and O–H groups in total. The molecule has 1 aliphatic heterocycles. The van der Waals surface area contributed by atoms with Crippen molar-refractivity contribution < 1.29 is 19.0 Å². The number of fused-ring (bicyclic) bond motifs is 1. The van der Waals surface area contributed by atoms with Crippen molar-refractivity contribution in [2.45, 2.75) is 6.10 Å². The fourth-order valence-electron chi connectivity index (χ4n) is 2.20. The van der Waals surface area contributed by atoms with E-state index in [4.69, 9.17) is 14.2 Å².